The van der Waals surface area contributed by atoms with Crippen molar-refractivity contribution in [2.75, 3.05) is 0 Å². The van der Waals surface area contributed by atoms with E-state index in [1.807, 2.05) is 30.3 Å². The molecule has 0 saturated carbocycles. The van der Waals surface area contributed by atoms with E-state index in [1.54, 1.807) is 12.1 Å². The van der Waals surface area contributed by atoms with Gasteiger partial charge in [-0.15, -0.1) is 0 Å². The molecule has 0 aliphatic rings. The summed E-state index contributed by atoms with van der Waals surface area (Å²) in [5.41, 5.74) is 1.33. The van der Waals surface area contributed by atoms with E-state index in [2.05, 4.69) is 0 Å². The molecule has 0 aromatic heterocycles. The maximum atomic E-state index is 11.5. The van der Waals surface area contributed by atoms with Crippen molar-refractivity contribution < 1.29 is 8.42 Å². The van der Waals surface area contributed by atoms with Gasteiger partial charge in [0.25, 0.3) is 9.05 Å². The number of hydrogen-bond acceptors (Lipinski definition) is 2. The summed E-state index contributed by atoms with van der Waals surface area (Å²) in [4.78, 5) is 0.0258. The van der Waals surface area contributed by atoms with E-state index in [4.69, 9.17) is 22.3 Å². The van der Waals surface area contributed by atoms with Crippen LogP contribution >= 0.6 is 22.3 Å². The molecule has 0 fully saturated rings. The van der Waals surface area contributed by atoms with Gasteiger partial charge in [-0.2, -0.15) is 0 Å². The zero-order chi connectivity index (χ0) is 12.5. The first-order chi connectivity index (χ1) is 7.98. The van der Waals surface area contributed by atoms with Crippen molar-refractivity contribution in [1.82, 2.24) is 0 Å². The highest BCUT2D eigenvalue weighted by atomic mass is 35.7. The standard InChI is InChI=1S/C12H8Cl2O2S/c13-10-6-7-11(9-4-2-1-3-5-9)12(8-10)17(14,15)16/h1-8H. The molecule has 0 atom stereocenters. The lowest BCUT2D eigenvalue weighted by molar-refractivity contribution is 0.610. The molecule has 0 N–H and O–H groups in total. The molecule has 0 saturated heterocycles. The summed E-state index contributed by atoms with van der Waals surface area (Å²) >= 11 is 5.79. The van der Waals surface area contributed by atoms with Gasteiger partial charge in [0.1, 0.15) is 0 Å². The van der Waals surface area contributed by atoms with Crippen LogP contribution < -0.4 is 0 Å². The number of rotatable bonds is 2. The van der Waals surface area contributed by atoms with Crippen molar-refractivity contribution >= 4 is 31.3 Å². The first kappa shape index (κ1) is 12.4. The van der Waals surface area contributed by atoms with Crippen LogP contribution in [0, 0.1) is 0 Å². The van der Waals surface area contributed by atoms with Gasteiger partial charge in [-0.25, -0.2) is 8.42 Å². The molecular formula is C12H8Cl2O2S. The van der Waals surface area contributed by atoms with Crippen LogP contribution in [0.3, 0.4) is 0 Å². The summed E-state index contributed by atoms with van der Waals surface area (Å²) in [6, 6.07) is 13.8. The predicted molar refractivity (Wildman–Crippen MR) is 69.9 cm³/mol. The fourth-order valence-corrected chi connectivity index (χ4v) is 2.89. The van der Waals surface area contributed by atoms with Crippen LogP contribution in [0.1, 0.15) is 0 Å². The van der Waals surface area contributed by atoms with Gasteiger partial charge in [0.05, 0.1) is 4.90 Å². The maximum Gasteiger partial charge on any atom is 0.261 e. The Morgan fingerprint density at radius 1 is 0.941 bits per heavy atom. The van der Waals surface area contributed by atoms with Gasteiger partial charge >= 0.3 is 0 Å². The number of halogens is 2. The van der Waals surface area contributed by atoms with Crippen LogP contribution in [0.25, 0.3) is 11.1 Å². The third-order valence-electron chi connectivity index (χ3n) is 2.29. The van der Waals surface area contributed by atoms with Gasteiger partial charge in [0, 0.05) is 21.3 Å². The monoisotopic (exact) mass is 286 g/mol. The Balaban J connectivity index is 2.71. The average Bonchev–Trinajstić information content (AvgIpc) is 2.29. The first-order valence-corrected chi connectivity index (χ1v) is 7.47. The van der Waals surface area contributed by atoms with Crippen molar-refractivity contribution in [2.24, 2.45) is 0 Å². The third kappa shape index (κ3) is 2.80. The molecule has 0 spiro atoms. The van der Waals surface area contributed by atoms with Crippen LogP contribution in [0.2, 0.25) is 5.02 Å². The zero-order valence-corrected chi connectivity index (χ0v) is 10.9. The number of benzene rings is 2. The van der Waals surface area contributed by atoms with Crippen LogP contribution in [0.5, 0.6) is 0 Å². The van der Waals surface area contributed by atoms with Crippen LogP contribution in [0.15, 0.2) is 53.4 Å². The molecule has 2 nitrogen and oxygen atoms in total. The lowest BCUT2D eigenvalue weighted by atomic mass is 10.1. The number of hydrogen-bond donors (Lipinski definition) is 0. The van der Waals surface area contributed by atoms with Gasteiger partial charge < -0.3 is 0 Å². The van der Waals surface area contributed by atoms with Gasteiger partial charge in [-0.05, 0) is 17.7 Å². The van der Waals surface area contributed by atoms with Crippen molar-refractivity contribution in [3.63, 3.8) is 0 Å². The summed E-state index contributed by atoms with van der Waals surface area (Å²) < 4.78 is 23.0. The molecule has 0 aliphatic carbocycles. The summed E-state index contributed by atoms with van der Waals surface area (Å²) in [6.45, 7) is 0. The largest absolute Gasteiger partial charge is 0.261 e. The van der Waals surface area contributed by atoms with Crippen LogP contribution in [0.4, 0.5) is 0 Å². The van der Waals surface area contributed by atoms with E-state index in [9.17, 15) is 8.42 Å². The fourth-order valence-electron chi connectivity index (χ4n) is 1.55. The summed E-state index contributed by atoms with van der Waals surface area (Å²) in [7, 11) is 1.58. The van der Waals surface area contributed by atoms with Gasteiger partial charge in [0.2, 0.25) is 0 Å². The normalized spacial score (nSPS) is 11.4. The molecule has 2 aromatic rings. The Bertz CT molecular complexity index is 637. The minimum absolute atomic E-state index is 0.0258. The zero-order valence-electron chi connectivity index (χ0n) is 8.60. The first-order valence-electron chi connectivity index (χ1n) is 4.78. The SMILES string of the molecule is O=S(=O)(Cl)c1cc(Cl)ccc1-c1ccccc1. The summed E-state index contributed by atoms with van der Waals surface area (Å²) in [5.74, 6) is 0. The molecule has 0 radical (unpaired) electrons. The van der Waals surface area contributed by atoms with E-state index in [-0.39, 0.29) is 4.90 Å². The second kappa shape index (κ2) is 4.69. The predicted octanol–water partition coefficient (Wildman–Crippen LogP) is 3.93. The second-order valence-electron chi connectivity index (χ2n) is 3.44. The smallest absolute Gasteiger partial charge is 0.207 e. The van der Waals surface area contributed by atoms with Crippen molar-refractivity contribution in [2.45, 2.75) is 4.90 Å². The molecule has 0 heterocycles. The molecule has 5 heteroatoms. The summed E-state index contributed by atoms with van der Waals surface area (Å²) in [6.07, 6.45) is 0. The van der Waals surface area contributed by atoms with E-state index >= 15 is 0 Å². The molecule has 2 rings (SSSR count). The van der Waals surface area contributed by atoms with Gasteiger partial charge in [-0.1, -0.05) is 48.0 Å². The minimum atomic E-state index is -3.82. The Hall–Kier alpha value is -1.03. The van der Waals surface area contributed by atoms with Crippen molar-refractivity contribution in [3.8, 4) is 11.1 Å². The quantitative estimate of drug-likeness (QED) is 0.784. The molecule has 0 bridgehead atoms. The molecule has 17 heavy (non-hydrogen) atoms. The van der Waals surface area contributed by atoms with E-state index in [0.29, 0.717) is 10.6 Å². The maximum absolute atomic E-state index is 11.5. The highest BCUT2D eigenvalue weighted by Crippen LogP contribution is 2.31. The van der Waals surface area contributed by atoms with Gasteiger partial charge in [-0.3, -0.25) is 0 Å². The molecule has 88 valence electrons. The molecule has 0 unspecified atom stereocenters. The van der Waals surface area contributed by atoms with E-state index in [1.165, 1.54) is 6.07 Å². The van der Waals surface area contributed by atoms with Crippen molar-refractivity contribution in [3.05, 3.63) is 53.6 Å². The Morgan fingerprint density at radius 2 is 1.59 bits per heavy atom. The topological polar surface area (TPSA) is 34.1 Å². The minimum Gasteiger partial charge on any atom is -0.207 e. The molecular weight excluding hydrogens is 279 g/mol. The highest BCUT2D eigenvalue weighted by molar-refractivity contribution is 8.13. The second-order valence-corrected chi connectivity index (χ2v) is 6.42. The third-order valence-corrected chi connectivity index (χ3v) is 3.89. The average molecular weight is 287 g/mol. The fraction of sp³-hybridized carbons (Fsp3) is 0. The summed E-state index contributed by atoms with van der Waals surface area (Å²) in [5, 5.41) is 0.337. The molecule has 0 aliphatic heterocycles. The van der Waals surface area contributed by atoms with E-state index in [0.717, 1.165) is 5.56 Å². The Kier molecular flexibility index (Phi) is 3.43. The van der Waals surface area contributed by atoms with Crippen LogP contribution in [-0.4, -0.2) is 8.42 Å². The van der Waals surface area contributed by atoms with Crippen molar-refractivity contribution in [1.29, 1.82) is 0 Å². The highest BCUT2D eigenvalue weighted by Gasteiger charge is 2.17. The lowest BCUT2D eigenvalue weighted by Gasteiger charge is -2.07. The molecule has 2 aromatic carbocycles. The van der Waals surface area contributed by atoms with Gasteiger partial charge in [0.15, 0.2) is 0 Å². The lowest BCUT2D eigenvalue weighted by Crippen LogP contribution is -1.94. The Labute approximate surface area is 109 Å². The molecule has 0 amide bonds. The van der Waals surface area contributed by atoms with Crippen LogP contribution in [-0.2, 0) is 9.05 Å². The van der Waals surface area contributed by atoms with E-state index < -0.39 is 9.05 Å². The Morgan fingerprint density at radius 3 is 2.18 bits per heavy atom.